The molecule has 0 saturated heterocycles. The Labute approximate surface area is 118 Å². The van der Waals surface area contributed by atoms with Crippen molar-refractivity contribution in [3.05, 3.63) is 29.6 Å². The van der Waals surface area contributed by atoms with Crippen molar-refractivity contribution in [2.75, 3.05) is 19.6 Å². The van der Waals surface area contributed by atoms with Crippen LogP contribution in [0.3, 0.4) is 0 Å². The third-order valence-corrected chi connectivity index (χ3v) is 2.31. The van der Waals surface area contributed by atoms with Gasteiger partial charge < -0.3 is 16.4 Å². The molecule has 0 aliphatic rings. The van der Waals surface area contributed by atoms with E-state index < -0.39 is 5.91 Å². The van der Waals surface area contributed by atoms with E-state index in [0.29, 0.717) is 12.1 Å². The molecule has 1 heterocycles. The van der Waals surface area contributed by atoms with E-state index >= 15 is 0 Å². The third-order valence-electron chi connectivity index (χ3n) is 2.31. The SMILES string of the molecule is CCCNC(=O)CNC(=O)c1ccc(C#CCN)cn1. The molecule has 0 saturated carbocycles. The van der Waals surface area contributed by atoms with E-state index in [9.17, 15) is 9.59 Å². The molecule has 1 aromatic rings. The van der Waals surface area contributed by atoms with Crippen LogP contribution in [0, 0.1) is 11.8 Å². The molecule has 0 fully saturated rings. The quantitative estimate of drug-likeness (QED) is 0.639. The van der Waals surface area contributed by atoms with Crippen LogP contribution < -0.4 is 16.4 Å². The Bertz CT molecular complexity index is 514. The van der Waals surface area contributed by atoms with Gasteiger partial charge in [0.15, 0.2) is 0 Å². The number of nitrogens with two attached hydrogens (primary N) is 1. The minimum absolute atomic E-state index is 0.0603. The zero-order valence-corrected chi connectivity index (χ0v) is 11.4. The molecule has 0 atom stereocenters. The molecule has 0 radical (unpaired) electrons. The summed E-state index contributed by atoms with van der Waals surface area (Å²) in [5.41, 5.74) is 6.19. The van der Waals surface area contributed by atoms with Crippen LogP contribution in [0.1, 0.15) is 29.4 Å². The predicted octanol–water partition coefficient (Wildman–Crippen LogP) is -0.352. The largest absolute Gasteiger partial charge is 0.355 e. The normalized spacial score (nSPS) is 9.30. The van der Waals surface area contributed by atoms with Gasteiger partial charge in [-0.2, -0.15) is 0 Å². The monoisotopic (exact) mass is 274 g/mol. The predicted molar refractivity (Wildman–Crippen MR) is 75.8 cm³/mol. The molecule has 2 amide bonds. The van der Waals surface area contributed by atoms with E-state index in [-0.39, 0.29) is 24.7 Å². The zero-order valence-electron chi connectivity index (χ0n) is 11.4. The van der Waals surface area contributed by atoms with E-state index in [2.05, 4.69) is 27.5 Å². The van der Waals surface area contributed by atoms with Crippen molar-refractivity contribution in [2.45, 2.75) is 13.3 Å². The number of nitrogens with one attached hydrogen (secondary N) is 2. The standard InChI is InChI=1S/C14H18N4O2/c1-2-8-16-13(19)10-18-14(20)12-6-5-11(9-17-12)4-3-7-15/h5-6,9H,2,7-8,10,15H2,1H3,(H,16,19)(H,18,20). The second kappa shape index (κ2) is 8.67. The van der Waals surface area contributed by atoms with Gasteiger partial charge in [0.1, 0.15) is 5.69 Å². The summed E-state index contributed by atoms with van der Waals surface area (Å²) < 4.78 is 0. The van der Waals surface area contributed by atoms with Crippen LogP contribution in [-0.2, 0) is 4.79 Å². The summed E-state index contributed by atoms with van der Waals surface area (Å²) >= 11 is 0. The van der Waals surface area contributed by atoms with Gasteiger partial charge in [-0.15, -0.1) is 0 Å². The van der Waals surface area contributed by atoms with Gasteiger partial charge in [0.2, 0.25) is 5.91 Å². The highest BCUT2D eigenvalue weighted by molar-refractivity contribution is 5.94. The van der Waals surface area contributed by atoms with Gasteiger partial charge in [-0.3, -0.25) is 9.59 Å². The van der Waals surface area contributed by atoms with Crippen molar-refractivity contribution >= 4 is 11.8 Å². The Hall–Kier alpha value is -2.39. The second-order valence-electron chi connectivity index (χ2n) is 3.97. The molecule has 4 N–H and O–H groups in total. The molecule has 6 heteroatoms. The number of hydrogen-bond donors (Lipinski definition) is 3. The summed E-state index contributed by atoms with van der Waals surface area (Å²) in [5, 5.41) is 5.17. The smallest absolute Gasteiger partial charge is 0.270 e. The average molecular weight is 274 g/mol. The van der Waals surface area contributed by atoms with E-state index in [1.807, 2.05) is 6.92 Å². The molecule has 106 valence electrons. The van der Waals surface area contributed by atoms with Crippen LogP contribution in [0.2, 0.25) is 0 Å². The summed E-state index contributed by atoms with van der Waals surface area (Å²) in [6.45, 7) is 2.77. The minimum Gasteiger partial charge on any atom is -0.355 e. The zero-order chi connectivity index (χ0) is 14.8. The molecule has 0 aliphatic carbocycles. The highest BCUT2D eigenvalue weighted by Gasteiger charge is 2.08. The van der Waals surface area contributed by atoms with Crippen molar-refractivity contribution in [2.24, 2.45) is 5.73 Å². The molecule has 0 aliphatic heterocycles. The summed E-state index contributed by atoms with van der Waals surface area (Å²) in [4.78, 5) is 27.1. The Morgan fingerprint density at radius 1 is 1.35 bits per heavy atom. The molecular weight excluding hydrogens is 256 g/mol. The van der Waals surface area contributed by atoms with Gasteiger partial charge in [0.25, 0.3) is 5.91 Å². The molecule has 0 aromatic carbocycles. The molecule has 0 bridgehead atoms. The van der Waals surface area contributed by atoms with Crippen LogP contribution in [-0.4, -0.2) is 36.4 Å². The Balaban J connectivity index is 2.49. The molecule has 1 aromatic heterocycles. The molecule has 0 spiro atoms. The van der Waals surface area contributed by atoms with Crippen LogP contribution in [0.15, 0.2) is 18.3 Å². The molecule has 6 nitrogen and oxygen atoms in total. The first kappa shape index (κ1) is 15.7. The first-order chi connectivity index (χ1) is 9.67. The number of amides is 2. The lowest BCUT2D eigenvalue weighted by Gasteiger charge is -2.05. The average Bonchev–Trinajstić information content (AvgIpc) is 2.49. The molecule has 20 heavy (non-hydrogen) atoms. The highest BCUT2D eigenvalue weighted by atomic mass is 16.2. The second-order valence-corrected chi connectivity index (χ2v) is 3.97. The number of pyridine rings is 1. The van der Waals surface area contributed by atoms with Gasteiger partial charge in [-0.1, -0.05) is 18.8 Å². The Kier molecular flexibility index (Phi) is 6.79. The first-order valence-corrected chi connectivity index (χ1v) is 6.37. The number of carbonyl (C=O) groups is 2. The van der Waals surface area contributed by atoms with Gasteiger partial charge in [-0.25, -0.2) is 4.98 Å². The van der Waals surface area contributed by atoms with Gasteiger partial charge in [-0.05, 0) is 18.6 Å². The van der Waals surface area contributed by atoms with E-state index in [1.54, 1.807) is 12.1 Å². The lowest BCUT2D eigenvalue weighted by molar-refractivity contribution is -0.120. The van der Waals surface area contributed by atoms with Crippen LogP contribution in [0.5, 0.6) is 0 Å². The summed E-state index contributed by atoms with van der Waals surface area (Å²) in [6, 6.07) is 3.24. The van der Waals surface area contributed by atoms with Crippen molar-refractivity contribution in [3.63, 3.8) is 0 Å². The number of rotatable bonds is 5. The fourth-order valence-electron chi connectivity index (χ4n) is 1.33. The van der Waals surface area contributed by atoms with Gasteiger partial charge in [0.05, 0.1) is 13.1 Å². The lowest BCUT2D eigenvalue weighted by atomic mass is 10.2. The van der Waals surface area contributed by atoms with Crippen LogP contribution in [0.25, 0.3) is 0 Å². The Morgan fingerprint density at radius 2 is 2.15 bits per heavy atom. The van der Waals surface area contributed by atoms with Crippen molar-refractivity contribution < 1.29 is 9.59 Å². The number of aromatic nitrogens is 1. The topological polar surface area (TPSA) is 97.1 Å². The number of nitrogens with zero attached hydrogens (tertiary/aromatic N) is 1. The van der Waals surface area contributed by atoms with Crippen molar-refractivity contribution in [3.8, 4) is 11.8 Å². The fraction of sp³-hybridized carbons (Fsp3) is 0.357. The lowest BCUT2D eigenvalue weighted by Crippen LogP contribution is -2.37. The number of hydrogen-bond acceptors (Lipinski definition) is 4. The Morgan fingerprint density at radius 3 is 2.75 bits per heavy atom. The third kappa shape index (κ3) is 5.50. The van der Waals surface area contributed by atoms with E-state index in [4.69, 9.17) is 5.73 Å². The fourth-order valence-corrected chi connectivity index (χ4v) is 1.33. The molecule has 0 unspecified atom stereocenters. The van der Waals surface area contributed by atoms with Crippen LogP contribution in [0.4, 0.5) is 0 Å². The van der Waals surface area contributed by atoms with E-state index in [1.165, 1.54) is 6.20 Å². The maximum atomic E-state index is 11.7. The van der Waals surface area contributed by atoms with Crippen molar-refractivity contribution in [1.29, 1.82) is 0 Å². The first-order valence-electron chi connectivity index (χ1n) is 6.37. The molecular formula is C14H18N4O2. The summed E-state index contributed by atoms with van der Waals surface area (Å²) in [7, 11) is 0. The summed E-state index contributed by atoms with van der Waals surface area (Å²) in [6.07, 6.45) is 2.35. The highest BCUT2D eigenvalue weighted by Crippen LogP contribution is 1.98. The van der Waals surface area contributed by atoms with E-state index in [0.717, 1.165) is 6.42 Å². The molecule has 1 rings (SSSR count). The minimum atomic E-state index is -0.394. The van der Waals surface area contributed by atoms with Crippen LogP contribution >= 0.6 is 0 Å². The maximum Gasteiger partial charge on any atom is 0.270 e. The van der Waals surface area contributed by atoms with Gasteiger partial charge >= 0.3 is 0 Å². The summed E-state index contributed by atoms with van der Waals surface area (Å²) in [5.74, 6) is 4.90. The van der Waals surface area contributed by atoms with Crippen molar-refractivity contribution in [1.82, 2.24) is 15.6 Å². The number of carbonyl (C=O) groups excluding carboxylic acids is 2. The van der Waals surface area contributed by atoms with Gasteiger partial charge in [0, 0.05) is 18.3 Å². The maximum absolute atomic E-state index is 11.7.